The van der Waals surface area contributed by atoms with Gasteiger partial charge in [-0.05, 0) is 80.6 Å². The van der Waals surface area contributed by atoms with Gasteiger partial charge >= 0.3 is 0 Å². The molecule has 242 valence electrons. The number of nitrogens with zero attached hydrogens (tertiary/aromatic N) is 1. The van der Waals surface area contributed by atoms with E-state index in [-0.39, 0.29) is 42.0 Å². The number of ketones is 2. The van der Waals surface area contributed by atoms with Gasteiger partial charge in [0.1, 0.15) is 34.8 Å². The summed E-state index contributed by atoms with van der Waals surface area (Å²) in [6.07, 6.45) is 0.616. The number of halogens is 1. The second kappa shape index (κ2) is 11.3. The van der Waals surface area contributed by atoms with E-state index in [1.54, 1.807) is 6.07 Å². The SMILES string of the molecule is CN(C)[C@@H]1C(=O)C(C(N)=O)=C(O)[C@@]2(O)C(=O)C3=C(O)c4c(O)c(CNC(=O)C5CCCO5)cc(-c5ccc(F)cc5)c4C[C@@H]3C[C@@H]12. The van der Waals surface area contributed by atoms with Gasteiger partial charge in [0.15, 0.2) is 11.4 Å². The number of ether oxygens (including phenoxy) is 1. The Kier molecular flexibility index (Phi) is 7.74. The number of rotatable bonds is 6. The average Bonchev–Trinajstić information content (AvgIpc) is 3.54. The maximum atomic E-state index is 14.2. The largest absolute Gasteiger partial charge is 0.508 e. The van der Waals surface area contributed by atoms with E-state index >= 15 is 0 Å². The summed E-state index contributed by atoms with van der Waals surface area (Å²) in [5.74, 6) is -8.44. The lowest BCUT2D eigenvalue weighted by molar-refractivity contribution is -0.153. The molecule has 0 bridgehead atoms. The number of hydrogen-bond donors (Lipinski definition) is 6. The van der Waals surface area contributed by atoms with Crippen LogP contribution in [0.25, 0.3) is 16.9 Å². The molecular formula is C33H34FN3O9. The van der Waals surface area contributed by atoms with Crippen LogP contribution < -0.4 is 11.1 Å². The van der Waals surface area contributed by atoms with Crippen molar-refractivity contribution < 1.29 is 48.7 Å². The van der Waals surface area contributed by atoms with Crippen LogP contribution in [-0.4, -0.2) is 87.2 Å². The Morgan fingerprint density at radius 2 is 1.85 bits per heavy atom. The Morgan fingerprint density at radius 3 is 2.46 bits per heavy atom. The zero-order valence-electron chi connectivity index (χ0n) is 25.2. The third-order valence-electron chi connectivity index (χ3n) is 9.63. The van der Waals surface area contributed by atoms with Crippen molar-refractivity contribution in [3.63, 3.8) is 0 Å². The van der Waals surface area contributed by atoms with Gasteiger partial charge in [0, 0.05) is 30.2 Å². The molecule has 1 saturated carbocycles. The molecule has 1 unspecified atom stereocenters. The summed E-state index contributed by atoms with van der Waals surface area (Å²) in [4.78, 5) is 53.9. The number of fused-ring (bicyclic) bond motifs is 3. The number of aromatic hydroxyl groups is 1. The summed E-state index contributed by atoms with van der Waals surface area (Å²) in [6.45, 7) is 0.284. The van der Waals surface area contributed by atoms with Crippen molar-refractivity contribution in [1.82, 2.24) is 10.2 Å². The van der Waals surface area contributed by atoms with E-state index in [9.17, 15) is 44.0 Å². The number of amides is 2. The molecule has 1 aliphatic heterocycles. The Hall–Kier alpha value is -4.59. The van der Waals surface area contributed by atoms with E-state index in [2.05, 4.69) is 5.32 Å². The van der Waals surface area contributed by atoms with Crippen LogP contribution in [0.4, 0.5) is 4.39 Å². The van der Waals surface area contributed by atoms with Crippen molar-refractivity contribution in [2.45, 2.75) is 50.0 Å². The van der Waals surface area contributed by atoms with Gasteiger partial charge in [0.2, 0.25) is 11.7 Å². The lowest BCUT2D eigenvalue weighted by Crippen LogP contribution is -2.65. The second-order valence-electron chi connectivity index (χ2n) is 12.5. The fourth-order valence-electron chi connectivity index (χ4n) is 7.47. The number of carbonyl (C=O) groups is 4. The molecule has 2 aromatic rings. The zero-order valence-corrected chi connectivity index (χ0v) is 25.2. The summed E-state index contributed by atoms with van der Waals surface area (Å²) >= 11 is 0. The van der Waals surface area contributed by atoms with Crippen LogP contribution in [0.2, 0.25) is 0 Å². The number of carbonyl (C=O) groups excluding carboxylic acids is 4. The molecule has 0 radical (unpaired) electrons. The van der Waals surface area contributed by atoms with Crippen molar-refractivity contribution in [1.29, 1.82) is 0 Å². The number of nitrogens with two attached hydrogens (primary N) is 1. The highest BCUT2D eigenvalue weighted by Crippen LogP contribution is 2.54. The molecule has 46 heavy (non-hydrogen) atoms. The Labute approximate surface area is 263 Å². The quantitative estimate of drug-likeness (QED) is 0.253. The van der Waals surface area contributed by atoms with Gasteiger partial charge in [0.05, 0.1) is 11.6 Å². The molecular weight excluding hydrogens is 601 g/mol. The highest BCUT2D eigenvalue weighted by Gasteiger charge is 2.64. The highest BCUT2D eigenvalue weighted by atomic mass is 19.1. The second-order valence-corrected chi connectivity index (χ2v) is 12.5. The predicted octanol–water partition coefficient (Wildman–Crippen LogP) is 1.57. The normalized spacial score (nSPS) is 27.4. The van der Waals surface area contributed by atoms with Crippen LogP contribution in [0.5, 0.6) is 5.75 Å². The number of primary amides is 1. The maximum absolute atomic E-state index is 14.2. The minimum atomic E-state index is -2.77. The summed E-state index contributed by atoms with van der Waals surface area (Å²) in [5, 5.41) is 48.9. The van der Waals surface area contributed by atoms with Crippen LogP contribution in [0, 0.1) is 17.7 Å². The number of aliphatic hydroxyl groups is 3. The lowest BCUT2D eigenvalue weighted by Gasteiger charge is -2.50. The van der Waals surface area contributed by atoms with Crippen LogP contribution in [0.15, 0.2) is 47.2 Å². The smallest absolute Gasteiger partial charge is 0.255 e. The van der Waals surface area contributed by atoms with Gasteiger partial charge < -0.3 is 36.2 Å². The van der Waals surface area contributed by atoms with Crippen LogP contribution >= 0.6 is 0 Å². The Bertz CT molecular complexity index is 1740. The molecule has 6 rings (SSSR count). The van der Waals surface area contributed by atoms with E-state index in [4.69, 9.17) is 10.5 Å². The minimum Gasteiger partial charge on any atom is -0.508 e. The molecule has 5 atom stereocenters. The topological polar surface area (TPSA) is 200 Å². The molecule has 13 heteroatoms. The first-order chi connectivity index (χ1) is 21.8. The number of hydrogen-bond acceptors (Lipinski definition) is 10. The molecule has 1 heterocycles. The predicted molar refractivity (Wildman–Crippen MR) is 160 cm³/mol. The third kappa shape index (κ3) is 4.68. The number of aliphatic hydroxyl groups excluding tert-OH is 2. The summed E-state index contributed by atoms with van der Waals surface area (Å²) in [5.41, 5.74) is 2.94. The fourth-order valence-corrected chi connectivity index (χ4v) is 7.47. The number of benzene rings is 2. The number of nitrogens with one attached hydrogen (secondary N) is 1. The van der Waals surface area contributed by atoms with E-state index < -0.39 is 75.7 Å². The average molecular weight is 636 g/mol. The van der Waals surface area contributed by atoms with E-state index in [1.807, 2.05) is 0 Å². The van der Waals surface area contributed by atoms with Crippen LogP contribution in [0.1, 0.15) is 36.0 Å². The lowest BCUT2D eigenvalue weighted by atomic mass is 9.57. The van der Waals surface area contributed by atoms with Crippen molar-refractivity contribution in [3.8, 4) is 16.9 Å². The third-order valence-corrected chi connectivity index (χ3v) is 9.63. The van der Waals surface area contributed by atoms with E-state index in [0.717, 1.165) is 6.42 Å². The Balaban J connectivity index is 1.52. The van der Waals surface area contributed by atoms with E-state index in [0.29, 0.717) is 29.7 Å². The van der Waals surface area contributed by atoms with Crippen molar-refractivity contribution in [2.24, 2.45) is 17.6 Å². The van der Waals surface area contributed by atoms with Crippen LogP contribution in [0.3, 0.4) is 0 Å². The van der Waals surface area contributed by atoms with Gasteiger partial charge in [-0.15, -0.1) is 0 Å². The van der Waals surface area contributed by atoms with Gasteiger partial charge in [-0.1, -0.05) is 12.1 Å². The van der Waals surface area contributed by atoms with Crippen molar-refractivity contribution >= 4 is 29.1 Å². The molecule has 2 fully saturated rings. The van der Waals surface area contributed by atoms with Gasteiger partial charge in [-0.3, -0.25) is 24.1 Å². The first kappa shape index (κ1) is 31.4. The molecule has 2 aromatic carbocycles. The van der Waals surface area contributed by atoms with Crippen molar-refractivity contribution in [2.75, 3.05) is 20.7 Å². The molecule has 0 spiro atoms. The molecule has 1 saturated heterocycles. The molecule has 7 N–H and O–H groups in total. The monoisotopic (exact) mass is 635 g/mol. The molecule has 2 amide bonds. The minimum absolute atomic E-state index is 0.0529. The van der Waals surface area contributed by atoms with Gasteiger partial charge in [0.25, 0.3) is 5.91 Å². The summed E-state index contributed by atoms with van der Waals surface area (Å²) in [7, 11) is 3.05. The van der Waals surface area contributed by atoms with Crippen molar-refractivity contribution in [3.05, 3.63) is 69.7 Å². The number of Topliss-reactive ketones (excluding diaryl/α,β-unsaturated/α-hetero) is 2. The molecule has 0 aromatic heterocycles. The number of phenolic OH excluding ortho intramolecular Hbond substituents is 1. The molecule has 4 aliphatic rings. The fraction of sp³-hybridized carbons (Fsp3) is 0.394. The van der Waals surface area contributed by atoms with Crippen LogP contribution in [-0.2, 0) is 36.9 Å². The number of phenols is 1. The van der Waals surface area contributed by atoms with Gasteiger partial charge in [-0.25, -0.2) is 4.39 Å². The Morgan fingerprint density at radius 1 is 1.15 bits per heavy atom. The number of likely N-dealkylation sites (N-methyl/N-ethyl adjacent to an activating group) is 1. The van der Waals surface area contributed by atoms with Gasteiger partial charge in [-0.2, -0.15) is 0 Å². The summed E-state index contributed by atoms with van der Waals surface area (Å²) < 4.78 is 19.3. The zero-order chi connectivity index (χ0) is 33.2. The maximum Gasteiger partial charge on any atom is 0.255 e. The van der Waals surface area contributed by atoms with E-state index in [1.165, 1.54) is 43.3 Å². The standard InChI is InChI=1S/C33H34FN3O9/c1-37(2)25-20-12-15-10-19-18(14-5-7-17(34)8-6-14)11-16(13-36-32(44)21-4-3-9-46-21)26(38)23(19)27(39)22(15)29(41)33(20,45)30(42)24(28(25)40)31(35)43/h5-8,11,15,20-21,25,38-39,42,45H,3-4,9-10,12-13H2,1-2H3,(H2,35,43)(H,36,44)/t15-,20+,21?,25+,33+/m1/s1. The first-order valence-electron chi connectivity index (χ1n) is 14.9. The summed E-state index contributed by atoms with van der Waals surface area (Å²) in [6, 6.07) is 5.96. The first-order valence-corrected chi connectivity index (χ1v) is 14.9. The molecule has 12 nitrogen and oxygen atoms in total. The molecule has 3 aliphatic carbocycles. The highest BCUT2D eigenvalue weighted by molar-refractivity contribution is 6.24.